The molecule has 4 nitrogen and oxygen atoms in total. The molecule has 0 aliphatic rings. The predicted octanol–water partition coefficient (Wildman–Crippen LogP) is 3.07. The minimum absolute atomic E-state index is 0.143. The Morgan fingerprint density at radius 3 is 2.71 bits per heavy atom. The molecular formula is C17H22N4. The number of imidazole rings is 1. The van der Waals surface area contributed by atoms with Gasteiger partial charge in [-0.1, -0.05) is 6.07 Å². The monoisotopic (exact) mass is 282 g/mol. The summed E-state index contributed by atoms with van der Waals surface area (Å²) in [6.07, 6.45) is 8.41. The topological polar surface area (TPSA) is 34.3 Å². The van der Waals surface area contributed by atoms with E-state index in [1.165, 1.54) is 5.56 Å². The molecular weight excluding hydrogens is 260 g/mol. The van der Waals surface area contributed by atoms with Crippen molar-refractivity contribution in [1.29, 1.82) is 0 Å². The van der Waals surface area contributed by atoms with Gasteiger partial charge in [-0.05, 0) is 44.5 Å². The fourth-order valence-corrected chi connectivity index (χ4v) is 2.31. The lowest BCUT2D eigenvalue weighted by Gasteiger charge is -2.19. The Bertz CT molecular complexity index is 697. The maximum atomic E-state index is 4.63. The molecule has 3 aromatic rings. The third-order valence-corrected chi connectivity index (χ3v) is 3.39. The van der Waals surface area contributed by atoms with Gasteiger partial charge in [-0.2, -0.15) is 0 Å². The van der Waals surface area contributed by atoms with Crippen LogP contribution in [-0.2, 0) is 13.1 Å². The van der Waals surface area contributed by atoms with Crippen LogP contribution in [0, 0.1) is 0 Å². The van der Waals surface area contributed by atoms with Crippen molar-refractivity contribution in [3.8, 4) is 0 Å². The molecule has 3 aromatic heterocycles. The highest BCUT2D eigenvalue weighted by Gasteiger charge is 2.09. The molecule has 0 amide bonds. The number of nitrogens with zero attached hydrogens (tertiary/aromatic N) is 3. The lowest BCUT2D eigenvalue weighted by Crippen LogP contribution is -2.34. The average Bonchev–Trinajstić information content (AvgIpc) is 3.01. The number of aromatic nitrogens is 3. The molecule has 1 N–H and O–H groups in total. The summed E-state index contributed by atoms with van der Waals surface area (Å²) in [5, 5.41) is 3.50. The first-order valence-corrected chi connectivity index (χ1v) is 7.32. The van der Waals surface area contributed by atoms with Gasteiger partial charge >= 0.3 is 0 Å². The summed E-state index contributed by atoms with van der Waals surface area (Å²) in [5.41, 5.74) is 3.51. The van der Waals surface area contributed by atoms with Gasteiger partial charge in [0, 0.05) is 36.9 Å². The van der Waals surface area contributed by atoms with Crippen LogP contribution in [0.25, 0.3) is 5.65 Å². The summed E-state index contributed by atoms with van der Waals surface area (Å²) < 4.78 is 4.24. The minimum atomic E-state index is 0.143. The lowest BCUT2D eigenvalue weighted by molar-refractivity contribution is 0.424. The van der Waals surface area contributed by atoms with E-state index in [1.54, 1.807) is 0 Å². The van der Waals surface area contributed by atoms with Gasteiger partial charge in [0.05, 0.1) is 12.2 Å². The van der Waals surface area contributed by atoms with E-state index in [0.29, 0.717) is 0 Å². The lowest BCUT2D eigenvalue weighted by atomic mass is 10.1. The highest BCUT2D eigenvalue weighted by molar-refractivity contribution is 5.39. The van der Waals surface area contributed by atoms with Crippen molar-refractivity contribution in [3.05, 3.63) is 60.3 Å². The van der Waals surface area contributed by atoms with Crippen LogP contribution >= 0.6 is 0 Å². The fraction of sp³-hybridized carbons (Fsp3) is 0.353. The van der Waals surface area contributed by atoms with Crippen LogP contribution in [0.4, 0.5) is 0 Å². The van der Waals surface area contributed by atoms with Gasteiger partial charge in [0.2, 0.25) is 0 Å². The fourth-order valence-electron chi connectivity index (χ4n) is 2.31. The van der Waals surface area contributed by atoms with Gasteiger partial charge in [0.25, 0.3) is 0 Å². The van der Waals surface area contributed by atoms with Crippen molar-refractivity contribution < 1.29 is 0 Å². The molecule has 0 fully saturated rings. The first-order chi connectivity index (χ1) is 9.99. The van der Waals surface area contributed by atoms with Gasteiger partial charge in [-0.15, -0.1) is 0 Å². The van der Waals surface area contributed by atoms with Crippen molar-refractivity contribution in [1.82, 2.24) is 19.3 Å². The van der Waals surface area contributed by atoms with Crippen molar-refractivity contribution in [2.45, 2.75) is 39.4 Å². The highest BCUT2D eigenvalue weighted by atomic mass is 15.0. The van der Waals surface area contributed by atoms with E-state index in [0.717, 1.165) is 24.4 Å². The Kier molecular flexibility index (Phi) is 3.55. The summed E-state index contributed by atoms with van der Waals surface area (Å²) in [7, 11) is 0. The second-order valence-corrected chi connectivity index (χ2v) is 6.49. The molecule has 3 rings (SSSR count). The van der Waals surface area contributed by atoms with E-state index in [2.05, 4.69) is 64.7 Å². The molecule has 3 heterocycles. The van der Waals surface area contributed by atoms with Crippen molar-refractivity contribution in [2.75, 3.05) is 0 Å². The van der Waals surface area contributed by atoms with E-state index in [1.807, 2.05) is 24.4 Å². The van der Waals surface area contributed by atoms with Gasteiger partial charge in [0.15, 0.2) is 0 Å². The quantitative estimate of drug-likeness (QED) is 0.798. The zero-order valence-corrected chi connectivity index (χ0v) is 12.9. The van der Waals surface area contributed by atoms with Crippen LogP contribution in [0.15, 0.2) is 49.1 Å². The maximum Gasteiger partial charge on any atom is 0.137 e. The zero-order valence-electron chi connectivity index (χ0n) is 12.9. The molecule has 0 aliphatic heterocycles. The van der Waals surface area contributed by atoms with Crippen LogP contribution in [-0.4, -0.2) is 19.5 Å². The SMILES string of the molecule is CC(C)(C)NCc1ccn(Cc2cn3ccccc3n2)c1. The number of hydrogen-bond acceptors (Lipinski definition) is 2. The van der Waals surface area contributed by atoms with Crippen molar-refractivity contribution in [2.24, 2.45) is 0 Å². The largest absolute Gasteiger partial charge is 0.348 e. The Morgan fingerprint density at radius 1 is 1.10 bits per heavy atom. The first kappa shape index (κ1) is 13.9. The van der Waals surface area contributed by atoms with Gasteiger partial charge < -0.3 is 14.3 Å². The summed E-state index contributed by atoms with van der Waals surface area (Å²) in [6, 6.07) is 8.22. The van der Waals surface area contributed by atoms with Crippen LogP contribution in [0.2, 0.25) is 0 Å². The Hall–Kier alpha value is -2.07. The molecule has 0 atom stereocenters. The second-order valence-electron chi connectivity index (χ2n) is 6.49. The second kappa shape index (κ2) is 5.37. The summed E-state index contributed by atoms with van der Waals surface area (Å²) in [6.45, 7) is 8.24. The highest BCUT2D eigenvalue weighted by Crippen LogP contribution is 2.09. The van der Waals surface area contributed by atoms with Gasteiger partial charge in [-0.3, -0.25) is 0 Å². The summed E-state index contributed by atoms with van der Waals surface area (Å²) in [4.78, 5) is 4.63. The molecule has 0 unspecified atom stereocenters. The summed E-state index contributed by atoms with van der Waals surface area (Å²) in [5.74, 6) is 0. The van der Waals surface area contributed by atoms with Crippen molar-refractivity contribution >= 4 is 5.65 Å². The zero-order chi connectivity index (χ0) is 14.9. The molecule has 0 radical (unpaired) electrons. The van der Waals surface area contributed by atoms with Gasteiger partial charge in [-0.25, -0.2) is 4.98 Å². The van der Waals surface area contributed by atoms with E-state index in [9.17, 15) is 0 Å². The predicted molar refractivity (Wildman–Crippen MR) is 85.3 cm³/mol. The van der Waals surface area contributed by atoms with Crippen LogP contribution in [0.1, 0.15) is 32.0 Å². The average molecular weight is 282 g/mol. The van der Waals surface area contributed by atoms with E-state index >= 15 is 0 Å². The third kappa shape index (κ3) is 3.52. The summed E-state index contributed by atoms with van der Waals surface area (Å²) >= 11 is 0. The Balaban J connectivity index is 1.69. The van der Waals surface area contributed by atoms with E-state index < -0.39 is 0 Å². The number of hydrogen-bond donors (Lipinski definition) is 1. The number of fused-ring (bicyclic) bond motifs is 1. The number of nitrogens with one attached hydrogen (secondary N) is 1. The maximum absolute atomic E-state index is 4.63. The van der Waals surface area contributed by atoms with Crippen LogP contribution in [0.5, 0.6) is 0 Å². The van der Waals surface area contributed by atoms with E-state index in [4.69, 9.17) is 0 Å². The molecule has 0 aliphatic carbocycles. The minimum Gasteiger partial charge on any atom is -0.348 e. The number of rotatable bonds is 4. The molecule has 21 heavy (non-hydrogen) atoms. The molecule has 0 saturated heterocycles. The van der Waals surface area contributed by atoms with Gasteiger partial charge in [0.1, 0.15) is 5.65 Å². The molecule has 4 heteroatoms. The van der Waals surface area contributed by atoms with Crippen LogP contribution < -0.4 is 5.32 Å². The molecule has 110 valence electrons. The molecule has 0 aromatic carbocycles. The first-order valence-electron chi connectivity index (χ1n) is 7.32. The Labute approximate surface area is 125 Å². The number of pyridine rings is 1. The molecule has 0 spiro atoms. The van der Waals surface area contributed by atoms with E-state index in [-0.39, 0.29) is 5.54 Å². The Morgan fingerprint density at radius 2 is 1.95 bits per heavy atom. The third-order valence-electron chi connectivity index (χ3n) is 3.39. The molecule has 0 saturated carbocycles. The normalized spacial score (nSPS) is 12.1. The standard InChI is InChI=1S/C17H22N4/c1-17(2,3)18-10-14-7-9-20(11-14)12-15-13-21-8-5-4-6-16(21)19-15/h4-9,11,13,18H,10,12H2,1-3H3. The molecule has 0 bridgehead atoms. The van der Waals surface area contributed by atoms with Crippen molar-refractivity contribution in [3.63, 3.8) is 0 Å². The smallest absolute Gasteiger partial charge is 0.137 e. The van der Waals surface area contributed by atoms with Crippen LogP contribution in [0.3, 0.4) is 0 Å².